The lowest BCUT2D eigenvalue weighted by atomic mass is 10.1. The third kappa shape index (κ3) is 3.29. The van der Waals surface area contributed by atoms with Gasteiger partial charge in [0.1, 0.15) is 0 Å². The first-order valence-electron chi connectivity index (χ1n) is 7.65. The van der Waals surface area contributed by atoms with Crippen molar-refractivity contribution in [1.29, 1.82) is 0 Å². The number of rotatable bonds is 4. The summed E-state index contributed by atoms with van der Waals surface area (Å²) in [6.45, 7) is 7.22. The lowest BCUT2D eigenvalue weighted by Gasteiger charge is -2.34. The molecule has 2 heterocycles. The van der Waals surface area contributed by atoms with Crippen LogP contribution in [0.25, 0.3) is 0 Å². The molecule has 0 aliphatic carbocycles. The summed E-state index contributed by atoms with van der Waals surface area (Å²) in [5.41, 5.74) is 1.12. The van der Waals surface area contributed by atoms with Gasteiger partial charge in [0.2, 0.25) is 12.7 Å². The Morgan fingerprint density at radius 1 is 1.14 bits per heavy atom. The average Bonchev–Trinajstić information content (AvgIpc) is 3.00. The van der Waals surface area contributed by atoms with Crippen LogP contribution >= 0.6 is 0 Å². The monoisotopic (exact) mass is 290 g/mol. The molecule has 114 valence electrons. The molecule has 21 heavy (non-hydrogen) atoms. The van der Waals surface area contributed by atoms with Gasteiger partial charge < -0.3 is 19.3 Å². The summed E-state index contributed by atoms with van der Waals surface area (Å²) in [6, 6.07) is 5.91. The highest BCUT2D eigenvalue weighted by Gasteiger charge is 2.20. The molecular weight excluding hydrogens is 268 g/mol. The molecule has 1 aromatic rings. The molecule has 5 heteroatoms. The highest BCUT2D eigenvalue weighted by atomic mass is 16.7. The van der Waals surface area contributed by atoms with E-state index in [-0.39, 0.29) is 5.91 Å². The largest absolute Gasteiger partial charge is 0.454 e. The van der Waals surface area contributed by atoms with E-state index in [9.17, 15) is 4.79 Å². The van der Waals surface area contributed by atoms with Gasteiger partial charge in [0.15, 0.2) is 11.5 Å². The van der Waals surface area contributed by atoms with Gasteiger partial charge >= 0.3 is 0 Å². The topological polar surface area (TPSA) is 42.0 Å². The first-order valence-corrected chi connectivity index (χ1v) is 7.65. The van der Waals surface area contributed by atoms with Crippen molar-refractivity contribution >= 4 is 5.91 Å². The zero-order valence-corrected chi connectivity index (χ0v) is 12.5. The van der Waals surface area contributed by atoms with Crippen LogP contribution in [-0.4, -0.2) is 55.2 Å². The number of ether oxygens (including phenoxy) is 2. The third-order valence-electron chi connectivity index (χ3n) is 4.24. The summed E-state index contributed by atoms with van der Waals surface area (Å²) >= 11 is 0. The van der Waals surface area contributed by atoms with Crippen LogP contribution in [0.2, 0.25) is 0 Å². The first kappa shape index (κ1) is 14.2. The lowest BCUT2D eigenvalue weighted by Crippen LogP contribution is -2.48. The Balaban J connectivity index is 1.50. The number of nitrogens with zero attached hydrogens (tertiary/aromatic N) is 2. The Hall–Kier alpha value is -1.75. The summed E-state index contributed by atoms with van der Waals surface area (Å²) in [5.74, 6) is 1.83. The third-order valence-corrected chi connectivity index (χ3v) is 4.24. The van der Waals surface area contributed by atoms with Gasteiger partial charge in [0.05, 0.1) is 0 Å². The molecular formula is C16H22N2O3. The zero-order chi connectivity index (χ0) is 14.7. The van der Waals surface area contributed by atoms with Crippen molar-refractivity contribution in [2.24, 2.45) is 0 Å². The Morgan fingerprint density at radius 2 is 1.90 bits per heavy atom. The van der Waals surface area contributed by atoms with Crippen LogP contribution in [0.15, 0.2) is 18.2 Å². The van der Waals surface area contributed by atoms with Gasteiger partial charge in [-0.05, 0) is 30.7 Å². The summed E-state index contributed by atoms with van der Waals surface area (Å²) in [6.07, 6.45) is 1.31. The molecule has 1 saturated heterocycles. The fourth-order valence-electron chi connectivity index (χ4n) is 2.82. The summed E-state index contributed by atoms with van der Waals surface area (Å²) < 4.78 is 10.7. The van der Waals surface area contributed by atoms with Gasteiger partial charge in [-0.1, -0.05) is 13.0 Å². The van der Waals surface area contributed by atoms with Gasteiger partial charge in [0, 0.05) is 32.6 Å². The van der Waals surface area contributed by atoms with Crippen LogP contribution < -0.4 is 9.47 Å². The van der Waals surface area contributed by atoms with Crippen molar-refractivity contribution in [1.82, 2.24) is 9.80 Å². The number of likely N-dealkylation sites (N-methyl/N-ethyl adjacent to an activating group) is 1. The van der Waals surface area contributed by atoms with E-state index in [0.717, 1.165) is 56.2 Å². The predicted octanol–water partition coefficient (Wildman–Crippen LogP) is 1.51. The molecule has 0 bridgehead atoms. The van der Waals surface area contributed by atoms with Crippen LogP contribution in [0.4, 0.5) is 0 Å². The maximum absolute atomic E-state index is 12.3. The second-order valence-corrected chi connectivity index (χ2v) is 5.50. The molecule has 1 aromatic carbocycles. The van der Waals surface area contributed by atoms with Gasteiger partial charge in [0.25, 0.3) is 0 Å². The molecule has 0 N–H and O–H groups in total. The SMILES string of the molecule is CCN1CCN(C(=O)CCc2ccc3c(c2)OCO3)CC1. The van der Waals surface area contributed by atoms with E-state index in [1.54, 1.807) is 0 Å². The number of hydrogen-bond donors (Lipinski definition) is 0. The zero-order valence-electron chi connectivity index (χ0n) is 12.5. The summed E-state index contributed by atoms with van der Waals surface area (Å²) in [7, 11) is 0. The van der Waals surface area contributed by atoms with E-state index in [1.807, 2.05) is 23.1 Å². The summed E-state index contributed by atoms with van der Waals surface area (Å²) in [5, 5.41) is 0. The fraction of sp³-hybridized carbons (Fsp3) is 0.562. The van der Waals surface area contributed by atoms with E-state index < -0.39 is 0 Å². The number of fused-ring (bicyclic) bond motifs is 1. The van der Waals surface area contributed by atoms with Crippen LogP contribution in [0.1, 0.15) is 18.9 Å². The molecule has 2 aliphatic heterocycles. The normalized spacial score (nSPS) is 18.0. The lowest BCUT2D eigenvalue weighted by molar-refractivity contribution is -0.132. The number of amides is 1. The minimum atomic E-state index is 0.253. The second-order valence-electron chi connectivity index (χ2n) is 5.50. The molecule has 1 amide bonds. The van der Waals surface area contributed by atoms with Crippen LogP contribution in [0.3, 0.4) is 0 Å². The van der Waals surface area contributed by atoms with E-state index in [4.69, 9.17) is 9.47 Å². The Kier molecular flexibility index (Phi) is 4.29. The van der Waals surface area contributed by atoms with Crippen LogP contribution in [0.5, 0.6) is 11.5 Å². The number of benzene rings is 1. The fourth-order valence-corrected chi connectivity index (χ4v) is 2.82. The van der Waals surface area contributed by atoms with E-state index >= 15 is 0 Å². The Morgan fingerprint density at radius 3 is 2.67 bits per heavy atom. The van der Waals surface area contributed by atoms with Gasteiger partial charge in [-0.15, -0.1) is 0 Å². The highest BCUT2D eigenvalue weighted by Crippen LogP contribution is 2.32. The average molecular weight is 290 g/mol. The van der Waals surface area contributed by atoms with Crippen molar-refractivity contribution < 1.29 is 14.3 Å². The Bertz CT molecular complexity index is 510. The molecule has 0 unspecified atom stereocenters. The highest BCUT2D eigenvalue weighted by molar-refractivity contribution is 5.76. The van der Waals surface area contributed by atoms with Crippen molar-refractivity contribution in [3.63, 3.8) is 0 Å². The van der Waals surface area contributed by atoms with Gasteiger partial charge in [-0.25, -0.2) is 0 Å². The Labute approximate surface area is 125 Å². The maximum atomic E-state index is 12.3. The van der Waals surface area contributed by atoms with Crippen molar-refractivity contribution in [3.05, 3.63) is 23.8 Å². The molecule has 3 rings (SSSR count). The van der Waals surface area contributed by atoms with E-state index in [0.29, 0.717) is 13.2 Å². The van der Waals surface area contributed by atoms with Gasteiger partial charge in [-0.3, -0.25) is 4.79 Å². The molecule has 0 atom stereocenters. The summed E-state index contributed by atoms with van der Waals surface area (Å²) in [4.78, 5) is 16.6. The maximum Gasteiger partial charge on any atom is 0.231 e. The van der Waals surface area contributed by atoms with Gasteiger partial charge in [-0.2, -0.15) is 0 Å². The number of piperazine rings is 1. The standard InChI is InChI=1S/C16H22N2O3/c1-2-17-7-9-18(10-8-17)16(19)6-4-13-3-5-14-15(11-13)21-12-20-14/h3,5,11H,2,4,6-10,12H2,1H3. The molecule has 0 aromatic heterocycles. The van der Waals surface area contributed by atoms with Crippen molar-refractivity contribution in [2.75, 3.05) is 39.5 Å². The molecule has 2 aliphatic rings. The molecule has 0 spiro atoms. The van der Waals surface area contributed by atoms with Crippen LogP contribution in [-0.2, 0) is 11.2 Å². The smallest absolute Gasteiger partial charge is 0.231 e. The first-order chi connectivity index (χ1) is 10.3. The van der Waals surface area contributed by atoms with E-state index in [2.05, 4.69) is 11.8 Å². The number of hydrogen-bond acceptors (Lipinski definition) is 4. The minimum Gasteiger partial charge on any atom is -0.454 e. The quantitative estimate of drug-likeness (QED) is 0.843. The molecule has 0 saturated carbocycles. The second kappa shape index (κ2) is 6.35. The predicted molar refractivity (Wildman–Crippen MR) is 79.6 cm³/mol. The number of carbonyl (C=O) groups is 1. The number of carbonyl (C=O) groups excluding carboxylic acids is 1. The van der Waals surface area contributed by atoms with E-state index in [1.165, 1.54) is 0 Å². The minimum absolute atomic E-state index is 0.253. The van der Waals surface area contributed by atoms with Crippen molar-refractivity contribution in [2.45, 2.75) is 19.8 Å². The van der Waals surface area contributed by atoms with Crippen LogP contribution in [0, 0.1) is 0 Å². The van der Waals surface area contributed by atoms with Crippen molar-refractivity contribution in [3.8, 4) is 11.5 Å². The molecule has 5 nitrogen and oxygen atoms in total. The number of aryl methyl sites for hydroxylation is 1. The molecule has 1 fully saturated rings. The molecule has 0 radical (unpaired) electrons.